The van der Waals surface area contributed by atoms with Crippen LogP contribution in [0.4, 0.5) is 5.69 Å². The number of carbonyl (C=O) groups excluding carboxylic acids is 2. The molecule has 0 spiro atoms. The quantitative estimate of drug-likeness (QED) is 0.754. The standard InChI is InChI=1S/C19H17ClN2O4/c1-25-17-7-4-15(20)10-14(17)11-19(24)26-12-18(23)22-16-5-2-13(3-6-16)8-9-21/h2-7,10H,8,11-12H2,1H3,(H,22,23). The molecule has 0 aliphatic carbocycles. The van der Waals surface area contributed by atoms with Crippen LogP contribution < -0.4 is 10.1 Å². The molecule has 6 nitrogen and oxygen atoms in total. The van der Waals surface area contributed by atoms with Crippen molar-refractivity contribution in [3.8, 4) is 11.8 Å². The minimum absolute atomic E-state index is 0.0557. The number of nitrogens with one attached hydrogen (secondary N) is 1. The van der Waals surface area contributed by atoms with E-state index in [4.69, 9.17) is 26.3 Å². The lowest BCUT2D eigenvalue weighted by Gasteiger charge is -2.09. The molecule has 0 radical (unpaired) electrons. The van der Waals surface area contributed by atoms with Gasteiger partial charge in [-0.2, -0.15) is 5.26 Å². The van der Waals surface area contributed by atoms with Crippen LogP contribution in [-0.2, 0) is 27.2 Å². The fraction of sp³-hybridized carbons (Fsp3) is 0.211. The lowest BCUT2D eigenvalue weighted by molar-refractivity contribution is -0.146. The number of amides is 1. The topological polar surface area (TPSA) is 88.4 Å². The monoisotopic (exact) mass is 372 g/mol. The van der Waals surface area contributed by atoms with Crippen LogP contribution in [0, 0.1) is 11.3 Å². The molecule has 1 N–H and O–H groups in total. The van der Waals surface area contributed by atoms with E-state index in [1.165, 1.54) is 7.11 Å². The Kier molecular flexibility index (Phi) is 7.01. The largest absolute Gasteiger partial charge is 0.496 e. The smallest absolute Gasteiger partial charge is 0.310 e. The molecule has 0 unspecified atom stereocenters. The summed E-state index contributed by atoms with van der Waals surface area (Å²) >= 11 is 5.92. The van der Waals surface area contributed by atoms with E-state index in [9.17, 15) is 9.59 Å². The van der Waals surface area contributed by atoms with Crippen molar-refractivity contribution in [3.05, 3.63) is 58.6 Å². The minimum atomic E-state index is -0.565. The first kappa shape index (κ1) is 19.3. The van der Waals surface area contributed by atoms with Gasteiger partial charge in [0.25, 0.3) is 5.91 Å². The van der Waals surface area contributed by atoms with Crippen LogP contribution in [0.5, 0.6) is 5.75 Å². The van der Waals surface area contributed by atoms with Gasteiger partial charge in [-0.1, -0.05) is 23.7 Å². The Bertz CT molecular complexity index is 828. The molecule has 134 valence electrons. The third-order valence-corrected chi connectivity index (χ3v) is 3.70. The average molecular weight is 373 g/mol. The molecule has 7 heteroatoms. The Hall–Kier alpha value is -3.04. The van der Waals surface area contributed by atoms with Crippen LogP contribution in [0.2, 0.25) is 5.02 Å². The molecule has 2 aromatic rings. The number of nitrogens with zero attached hydrogens (tertiary/aromatic N) is 1. The van der Waals surface area contributed by atoms with Gasteiger partial charge in [0.2, 0.25) is 0 Å². The Labute approximate surface area is 156 Å². The van der Waals surface area contributed by atoms with E-state index >= 15 is 0 Å². The molecule has 0 heterocycles. The van der Waals surface area contributed by atoms with Gasteiger partial charge in [-0.3, -0.25) is 9.59 Å². The van der Waals surface area contributed by atoms with Gasteiger partial charge in [0.05, 0.1) is 26.0 Å². The van der Waals surface area contributed by atoms with Crippen LogP contribution in [0.1, 0.15) is 11.1 Å². The second-order valence-corrected chi connectivity index (χ2v) is 5.81. The summed E-state index contributed by atoms with van der Waals surface area (Å²) in [6.07, 6.45) is 0.249. The van der Waals surface area contributed by atoms with Crippen molar-refractivity contribution in [2.45, 2.75) is 12.8 Å². The molecular formula is C19H17ClN2O4. The van der Waals surface area contributed by atoms with Gasteiger partial charge in [-0.15, -0.1) is 0 Å². The number of halogens is 1. The maximum absolute atomic E-state index is 11.9. The summed E-state index contributed by atoms with van der Waals surface area (Å²) < 4.78 is 10.2. The van der Waals surface area contributed by atoms with Crippen LogP contribution in [0.15, 0.2) is 42.5 Å². The van der Waals surface area contributed by atoms with E-state index in [-0.39, 0.29) is 6.42 Å². The minimum Gasteiger partial charge on any atom is -0.496 e. The van der Waals surface area contributed by atoms with Crippen molar-refractivity contribution < 1.29 is 19.1 Å². The van der Waals surface area contributed by atoms with Crippen molar-refractivity contribution in [2.75, 3.05) is 19.0 Å². The van der Waals surface area contributed by atoms with Gasteiger partial charge in [-0.05, 0) is 35.9 Å². The lowest BCUT2D eigenvalue weighted by atomic mass is 10.1. The van der Waals surface area contributed by atoms with E-state index < -0.39 is 18.5 Å². The summed E-state index contributed by atoms with van der Waals surface area (Å²) in [5.41, 5.74) is 2.00. The highest BCUT2D eigenvalue weighted by atomic mass is 35.5. The molecule has 0 fully saturated rings. The highest BCUT2D eigenvalue weighted by molar-refractivity contribution is 6.30. The summed E-state index contributed by atoms with van der Waals surface area (Å²) in [6, 6.07) is 13.8. The van der Waals surface area contributed by atoms with E-state index in [2.05, 4.69) is 5.32 Å². The molecule has 0 atom stereocenters. The molecular weight excluding hydrogens is 356 g/mol. The number of esters is 1. The van der Waals surface area contributed by atoms with Crippen molar-refractivity contribution in [2.24, 2.45) is 0 Å². The summed E-state index contributed by atoms with van der Waals surface area (Å²) in [6.45, 7) is -0.401. The SMILES string of the molecule is COc1ccc(Cl)cc1CC(=O)OCC(=O)Nc1ccc(CC#N)cc1. The summed E-state index contributed by atoms with van der Waals surface area (Å²) in [5, 5.41) is 11.7. The third-order valence-electron chi connectivity index (χ3n) is 3.46. The number of methoxy groups -OCH3 is 1. The Morgan fingerprint density at radius 3 is 2.58 bits per heavy atom. The van der Waals surface area contributed by atoms with Gasteiger partial charge < -0.3 is 14.8 Å². The molecule has 0 aliphatic rings. The van der Waals surface area contributed by atoms with Crippen molar-refractivity contribution in [1.82, 2.24) is 0 Å². The van der Waals surface area contributed by atoms with E-state index in [0.29, 0.717) is 28.4 Å². The second kappa shape index (κ2) is 9.44. The van der Waals surface area contributed by atoms with Crippen LogP contribution in [0.25, 0.3) is 0 Å². The summed E-state index contributed by atoms with van der Waals surface area (Å²) in [7, 11) is 1.49. The first-order chi connectivity index (χ1) is 12.5. The van der Waals surface area contributed by atoms with Crippen molar-refractivity contribution in [1.29, 1.82) is 5.26 Å². The number of rotatable bonds is 7. The number of hydrogen-bond acceptors (Lipinski definition) is 5. The number of hydrogen-bond donors (Lipinski definition) is 1. The van der Waals surface area contributed by atoms with E-state index in [1.54, 1.807) is 42.5 Å². The highest BCUT2D eigenvalue weighted by Crippen LogP contribution is 2.23. The molecule has 0 saturated heterocycles. The van der Waals surface area contributed by atoms with Gasteiger partial charge in [0.15, 0.2) is 6.61 Å². The first-order valence-electron chi connectivity index (χ1n) is 7.75. The average Bonchev–Trinajstić information content (AvgIpc) is 2.62. The summed E-state index contributed by atoms with van der Waals surface area (Å²) in [5.74, 6) is -0.497. The number of ether oxygens (including phenoxy) is 2. The third kappa shape index (κ3) is 5.80. The van der Waals surface area contributed by atoms with Gasteiger partial charge in [0, 0.05) is 16.3 Å². The molecule has 1 amide bonds. The first-order valence-corrected chi connectivity index (χ1v) is 8.13. The zero-order chi connectivity index (χ0) is 18.9. The summed E-state index contributed by atoms with van der Waals surface area (Å²) in [4.78, 5) is 23.8. The predicted octanol–water partition coefficient (Wildman–Crippen LogP) is 3.14. The fourth-order valence-electron chi connectivity index (χ4n) is 2.23. The molecule has 2 aromatic carbocycles. The van der Waals surface area contributed by atoms with Gasteiger partial charge in [-0.25, -0.2) is 0 Å². The van der Waals surface area contributed by atoms with Crippen LogP contribution >= 0.6 is 11.6 Å². The second-order valence-electron chi connectivity index (χ2n) is 5.37. The zero-order valence-electron chi connectivity index (χ0n) is 14.1. The van der Waals surface area contributed by atoms with Crippen LogP contribution in [0.3, 0.4) is 0 Å². The maximum atomic E-state index is 11.9. The van der Waals surface area contributed by atoms with Gasteiger partial charge >= 0.3 is 5.97 Å². The number of nitriles is 1. The van der Waals surface area contributed by atoms with Gasteiger partial charge in [0.1, 0.15) is 5.75 Å². The molecule has 0 bridgehead atoms. The molecule has 0 aromatic heterocycles. The highest BCUT2D eigenvalue weighted by Gasteiger charge is 2.12. The van der Waals surface area contributed by atoms with Crippen molar-refractivity contribution in [3.63, 3.8) is 0 Å². The van der Waals surface area contributed by atoms with Crippen molar-refractivity contribution >= 4 is 29.2 Å². The van der Waals surface area contributed by atoms with E-state index in [0.717, 1.165) is 5.56 Å². The fourth-order valence-corrected chi connectivity index (χ4v) is 2.43. The Morgan fingerprint density at radius 2 is 1.92 bits per heavy atom. The lowest BCUT2D eigenvalue weighted by Crippen LogP contribution is -2.21. The molecule has 2 rings (SSSR count). The number of benzene rings is 2. The zero-order valence-corrected chi connectivity index (χ0v) is 14.9. The maximum Gasteiger partial charge on any atom is 0.310 e. The molecule has 0 saturated carbocycles. The van der Waals surface area contributed by atoms with Crippen LogP contribution in [-0.4, -0.2) is 25.6 Å². The Morgan fingerprint density at radius 1 is 1.19 bits per heavy atom. The Balaban J connectivity index is 1.84. The van der Waals surface area contributed by atoms with E-state index in [1.807, 2.05) is 6.07 Å². The normalized spacial score (nSPS) is 9.88. The molecule has 26 heavy (non-hydrogen) atoms. The predicted molar refractivity (Wildman–Crippen MR) is 97.1 cm³/mol. The number of carbonyl (C=O) groups is 2. The molecule has 0 aliphatic heterocycles. The number of anilines is 1.